The highest BCUT2D eigenvalue weighted by Crippen LogP contribution is 2.19. The maximum absolute atomic E-state index is 12.0. The average molecular weight is 253 g/mol. The molecule has 96 valence electrons. The van der Waals surface area contributed by atoms with Crippen molar-refractivity contribution in [2.75, 3.05) is 0 Å². The van der Waals surface area contributed by atoms with Gasteiger partial charge in [-0.15, -0.1) is 0 Å². The molecule has 3 aromatic rings. The van der Waals surface area contributed by atoms with Crippen molar-refractivity contribution in [1.29, 1.82) is 0 Å². The van der Waals surface area contributed by atoms with Crippen molar-refractivity contribution in [3.8, 4) is 11.4 Å². The Morgan fingerprint density at radius 3 is 2.84 bits per heavy atom. The van der Waals surface area contributed by atoms with Gasteiger partial charge in [0.2, 0.25) is 0 Å². The molecule has 0 saturated heterocycles. The van der Waals surface area contributed by atoms with Crippen molar-refractivity contribution < 1.29 is 0 Å². The SMILES string of the molecule is CCc1ccc2nc(-c3c[nH]c(C)cc3=O)[nH]c2c1. The summed E-state index contributed by atoms with van der Waals surface area (Å²) in [5, 5.41) is 0. The second-order valence-electron chi connectivity index (χ2n) is 4.68. The third kappa shape index (κ3) is 2.05. The first-order chi connectivity index (χ1) is 9.17. The Morgan fingerprint density at radius 1 is 1.26 bits per heavy atom. The summed E-state index contributed by atoms with van der Waals surface area (Å²) in [5.41, 5.74) is 4.49. The number of aromatic nitrogens is 3. The molecule has 0 unspecified atom stereocenters. The van der Waals surface area contributed by atoms with Gasteiger partial charge in [0.1, 0.15) is 5.82 Å². The summed E-state index contributed by atoms with van der Waals surface area (Å²) in [6.07, 6.45) is 2.69. The van der Waals surface area contributed by atoms with Gasteiger partial charge in [0, 0.05) is 18.0 Å². The number of hydrogen-bond acceptors (Lipinski definition) is 2. The molecule has 0 saturated carbocycles. The molecule has 19 heavy (non-hydrogen) atoms. The van der Waals surface area contributed by atoms with Crippen LogP contribution in [-0.2, 0) is 6.42 Å². The number of fused-ring (bicyclic) bond motifs is 1. The minimum absolute atomic E-state index is 0.0222. The van der Waals surface area contributed by atoms with Crippen molar-refractivity contribution >= 4 is 11.0 Å². The average Bonchev–Trinajstić information content (AvgIpc) is 2.80. The number of nitrogens with one attached hydrogen (secondary N) is 2. The molecule has 3 rings (SSSR count). The van der Waals surface area contributed by atoms with Gasteiger partial charge in [-0.1, -0.05) is 13.0 Å². The highest BCUT2D eigenvalue weighted by molar-refractivity contribution is 5.79. The van der Waals surface area contributed by atoms with Gasteiger partial charge in [-0.3, -0.25) is 4.79 Å². The predicted molar refractivity (Wildman–Crippen MR) is 76.3 cm³/mol. The topological polar surface area (TPSA) is 61.5 Å². The summed E-state index contributed by atoms with van der Waals surface area (Å²) in [6, 6.07) is 7.71. The maximum Gasteiger partial charge on any atom is 0.192 e. The van der Waals surface area contributed by atoms with Crippen LogP contribution < -0.4 is 5.43 Å². The first kappa shape index (κ1) is 11.7. The van der Waals surface area contributed by atoms with E-state index in [1.807, 2.05) is 13.0 Å². The molecular weight excluding hydrogens is 238 g/mol. The molecule has 0 aliphatic carbocycles. The van der Waals surface area contributed by atoms with E-state index in [-0.39, 0.29) is 5.43 Å². The van der Waals surface area contributed by atoms with E-state index in [0.717, 1.165) is 23.1 Å². The van der Waals surface area contributed by atoms with E-state index in [1.54, 1.807) is 12.3 Å². The molecule has 4 nitrogen and oxygen atoms in total. The lowest BCUT2D eigenvalue weighted by Crippen LogP contribution is -2.05. The van der Waals surface area contributed by atoms with Gasteiger partial charge in [0.25, 0.3) is 0 Å². The monoisotopic (exact) mass is 253 g/mol. The summed E-state index contributed by atoms with van der Waals surface area (Å²) in [4.78, 5) is 22.7. The summed E-state index contributed by atoms with van der Waals surface area (Å²) >= 11 is 0. The number of aromatic amines is 2. The minimum Gasteiger partial charge on any atom is -0.364 e. The lowest BCUT2D eigenvalue weighted by molar-refractivity contribution is 1.14. The van der Waals surface area contributed by atoms with E-state index in [1.165, 1.54) is 5.56 Å². The van der Waals surface area contributed by atoms with Crippen molar-refractivity contribution in [2.45, 2.75) is 20.3 Å². The normalized spacial score (nSPS) is 11.1. The van der Waals surface area contributed by atoms with Crippen LogP contribution in [0, 0.1) is 6.92 Å². The third-order valence-corrected chi connectivity index (χ3v) is 3.27. The quantitative estimate of drug-likeness (QED) is 0.737. The summed E-state index contributed by atoms with van der Waals surface area (Å²) in [5.74, 6) is 0.615. The molecule has 4 heteroatoms. The van der Waals surface area contributed by atoms with Crippen molar-refractivity contribution in [1.82, 2.24) is 15.0 Å². The molecule has 2 N–H and O–H groups in total. The Morgan fingerprint density at radius 2 is 2.11 bits per heavy atom. The highest BCUT2D eigenvalue weighted by Gasteiger charge is 2.09. The van der Waals surface area contributed by atoms with Crippen LogP contribution in [0.2, 0.25) is 0 Å². The lowest BCUT2D eigenvalue weighted by Gasteiger charge is -1.96. The van der Waals surface area contributed by atoms with E-state index >= 15 is 0 Å². The molecule has 0 spiro atoms. The first-order valence-corrected chi connectivity index (χ1v) is 6.35. The molecule has 2 aromatic heterocycles. The van der Waals surface area contributed by atoms with Crippen LogP contribution in [0.3, 0.4) is 0 Å². The number of benzene rings is 1. The van der Waals surface area contributed by atoms with Crippen LogP contribution in [0.25, 0.3) is 22.4 Å². The summed E-state index contributed by atoms with van der Waals surface area (Å²) in [6.45, 7) is 3.97. The zero-order chi connectivity index (χ0) is 13.4. The van der Waals surface area contributed by atoms with Gasteiger partial charge >= 0.3 is 0 Å². The van der Waals surface area contributed by atoms with E-state index < -0.39 is 0 Å². The molecule has 0 aliphatic heterocycles. The molecule has 0 bridgehead atoms. The predicted octanol–water partition coefficient (Wildman–Crippen LogP) is 2.79. The molecule has 1 aromatic carbocycles. The number of hydrogen-bond donors (Lipinski definition) is 2. The van der Waals surface area contributed by atoms with Crippen LogP contribution in [0.5, 0.6) is 0 Å². The van der Waals surface area contributed by atoms with Crippen molar-refractivity contribution in [3.63, 3.8) is 0 Å². The van der Waals surface area contributed by atoms with E-state index in [9.17, 15) is 4.79 Å². The fourth-order valence-corrected chi connectivity index (χ4v) is 2.16. The molecular formula is C15H15N3O. The van der Waals surface area contributed by atoms with E-state index in [4.69, 9.17) is 0 Å². The van der Waals surface area contributed by atoms with Gasteiger partial charge < -0.3 is 9.97 Å². The van der Waals surface area contributed by atoms with Gasteiger partial charge in [-0.05, 0) is 31.0 Å². The van der Waals surface area contributed by atoms with Crippen LogP contribution in [0.1, 0.15) is 18.2 Å². The van der Waals surface area contributed by atoms with Crippen LogP contribution in [0.4, 0.5) is 0 Å². The zero-order valence-corrected chi connectivity index (χ0v) is 10.9. The molecule has 0 amide bonds. The number of pyridine rings is 1. The Bertz CT molecular complexity index is 799. The Kier molecular flexibility index (Phi) is 2.71. The molecule has 2 heterocycles. The van der Waals surface area contributed by atoms with Gasteiger partial charge in [0.05, 0.1) is 16.6 Å². The number of imidazole rings is 1. The van der Waals surface area contributed by atoms with Crippen LogP contribution >= 0.6 is 0 Å². The summed E-state index contributed by atoms with van der Waals surface area (Å²) in [7, 11) is 0. The van der Waals surface area contributed by atoms with Gasteiger partial charge in [0.15, 0.2) is 5.43 Å². The Hall–Kier alpha value is -2.36. The minimum atomic E-state index is -0.0222. The maximum atomic E-state index is 12.0. The van der Waals surface area contributed by atoms with Gasteiger partial charge in [-0.2, -0.15) is 0 Å². The number of rotatable bonds is 2. The third-order valence-electron chi connectivity index (χ3n) is 3.27. The summed E-state index contributed by atoms with van der Waals surface area (Å²) < 4.78 is 0. The van der Waals surface area contributed by atoms with E-state index in [0.29, 0.717) is 11.4 Å². The number of H-pyrrole nitrogens is 2. The molecule has 0 fully saturated rings. The van der Waals surface area contributed by atoms with Crippen LogP contribution in [0.15, 0.2) is 35.3 Å². The fourth-order valence-electron chi connectivity index (χ4n) is 2.16. The smallest absolute Gasteiger partial charge is 0.192 e. The molecule has 0 radical (unpaired) electrons. The number of nitrogens with zero attached hydrogens (tertiary/aromatic N) is 1. The Balaban J connectivity index is 2.17. The second-order valence-corrected chi connectivity index (χ2v) is 4.68. The first-order valence-electron chi connectivity index (χ1n) is 6.35. The zero-order valence-electron chi connectivity index (χ0n) is 10.9. The number of aryl methyl sites for hydroxylation is 2. The largest absolute Gasteiger partial charge is 0.364 e. The fraction of sp³-hybridized carbons (Fsp3) is 0.200. The Labute approximate surface area is 110 Å². The highest BCUT2D eigenvalue weighted by atomic mass is 16.1. The van der Waals surface area contributed by atoms with Crippen molar-refractivity contribution in [2.24, 2.45) is 0 Å². The van der Waals surface area contributed by atoms with Crippen molar-refractivity contribution in [3.05, 3.63) is 51.9 Å². The van der Waals surface area contributed by atoms with E-state index in [2.05, 4.69) is 34.0 Å². The molecule has 0 aliphatic rings. The molecule has 0 atom stereocenters. The van der Waals surface area contributed by atoms with Crippen LogP contribution in [-0.4, -0.2) is 15.0 Å². The van der Waals surface area contributed by atoms with Gasteiger partial charge in [-0.25, -0.2) is 4.98 Å². The lowest BCUT2D eigenvalue weighted by atomic mass is 10.1. The second kappa shape index (κ2) is 4.39. The standard InChI is InChI=1S/C15H15N3O/c1-3-10-4-5-12-13(7-10)18-15(17-12)11-8-16-9(2)6-14(11)19/h4-8H,3H2,1-2H3,(H,16,19)(H,17,18).